The van der Waals surface area contributed by atoms with Gasteiger partial charge in [-0.15, -0.1) is 0 Å². The minimum absolute atomic E-state index is 0.0715. The van der Waals surface area contributed by atoms with Crippen LogP contribution in [0.3, 0.4) is 0 Å². The summed E-state index contributed by atoms with van der Waals surface area (Å²) in [6.45, 7) is -0.595. The summed E-state index contributed by atoms with van der Waals surface area (Å²) >= 11 is 0. The van der Waals surface area contributed by atoms with E-state index in [1.165, 1.54) is 0 Å². The van der Waals surface area contributed by atoms with E-state index in [4.69, 9.17) is 22.9 Å². The van der Waals surface area contributed by atoms with Gasteiger partial charge < -0.3 is 54.1 Å². The second kappa shape index (κ2) is 15.8. The number of H-pyrrole nitrogens is 1. The molecule has 1 aromatic carbocycles. The fourth-order valence-electron chi connectivity index (χ4n) is 3.94. The number of amides is 4. The van der Waals surface area contributed by atoms with Crippen molar-refractivity contribution in [2.75, 3.05) is 13.2 Å². The van der Waals surface area contributed by atoms with Crippen LogP contribution in [0.5, 0.6) is 0 Å². The van der Waals surface area contributed by atoms with Gasteiger partial charge >= 0.3 is 5.97 Å². The number of para-hydroxylation sites is 1. The molecular weight excluding hydrogens is 538 g/mol. The molecular formula is C25H37N9O7. The summed E-state index contributed by atoms with van der Waals surface area (Å²) in [6, 6.07) is 1.92. The molecule has 14 N–H and O–H groups in total. The standard InChI is InChI=1S/C25H37N9O7/c26-15(5-3-9-30-25(28)29)21(37)34-19(12-35)23(39)32-17(7-8-20(27)36)22(38)33-18(24(40)41)10-13-11-31-16-6-2-1-4-14(13)16/h1-2,4,6,11,15,17-19,31,35H,3,5,7-10,12,26H2,(H2,27,36)(H,32,39)(H,33,38)(H,34,37)(H,40,41)(H4,28,29,30). The van der Waals surface area contributed by atoms with Gasteiger partial charge in [0.25, 0.3) is 0 Å². The molecule has 224 valence electrons. The molecule has 4 atom stereocenters. The van der Waals surface area contributed by atoms with Gasteiger partial charge in [0.2, 0.25) is 23.6 Å². The molecule has 0 spiro atoms. The Morgan fingerprint density at radius 2 is 1.54 bits per heavy atom. The number of hydrogen-bond acceptors (Lipinski definition) is 8. The van der Waals surface area contributed by atoms with Gasteiger partial charge in [-0.1, -0.05) is 18.2 Å². The molecule has 16 heteroatoms. The number of primary amides is 1. The summed E-state index contributed by atoms with van der Waals surface area (Å²) in [4.78, 5) is 68.5. The van der Waals surface area contributed by atoms with Crippen molar-refractivity contribution in [3.63, 3.8) is 0 Å². The van der Waals surface area contributed by atoms with Crippen molar-refractivity contribution in [2.24, 2.45) is 27.9 Å². The van der Waals surface area contributed by atoms with Crippen LogP contribution in [0.1, 0.15) is 31.2 Å². The van der Waals surface area contributed by atoms with Crippen molar-refractivity contribution in [1.82, 2.24) is 20.9 Å². The molecule has 4 unspecified atom stereocenters. The highest BCUT2D eigenvalue weighted by molar-refractivity contribution is 5.94. The summed E-state index contributed by atoms with van der Waals surface area (Å²) in [6.07, 6.45) is 1.55. The molecule has 4 amide bonds. The summed E-state index contributed by atoms with van der Waals surface area (Å²) in [5.41, 5.74) is 22.9. The smallest absolute Gasteiger partial charge is 0.326 e. The third-order valence-electron chi connectivity index (χ3n) is 6.15. The summed E-state index contributed by atoms with van der Waals surface area (Å²) in [7, 11) is 0. The highest BCUT2D eigenvalue weighted by Gasteiger charge is 2.30. The molecule has 2 rings (SSSR count). The fraction of sp³-hybridized carbons (Fsp3) is 0.440. The van der Waals surface area contributed by atoms with E-state index in [2.05, 4.69) is 25.9 Å². The van der Waals surface area contributed by atoms with E-state index in [9.17, 15) is 34.2 Å². The van der Waals surface area contributed by atoms with E-state index < -0.39 is 60.4 Å². The SMILES string of the molecule is NC(=O)CCC(NC(=O)C(CO)NC(=O)C(N)CCCN=C(N)N)C(=O)NC(Cc1c[nH]c2ccccc12)C(=O)O. The van der Waals surface area contributed by atoms with Crippen molar-refractivity contribution in [2.45, 2.75) is 56.3 Å². The van der Waals surface area contributed by atoms with Crippen LogP contribution in [0.2, 0.25) is 0 Å². The van der Waals surface area contributed by atoms with Gasteiger partial charge in [-0.05, 0) is 30.9 Å². The number of fused-ring (bicyclic) bond motifs is 1. The Hall–Kier alpha value is -4.70. The van der Waals surface area contributed by atoms with Crippen molar-refractivity contribution in [3.8, 4) is 0 Å². The number of nitrogens with two attached hydrogens (primary N) is 4. The van der Waals surface area contributed by atoms with E-state index in [1.807, 2.05) is 12.1 Å². The van der Waals surface area contributed by atoms with Gasteiger partial charge in [-0.25, -0.2) is 4.79 Å². The number of aliphatic hydroxyl groups excluding tert-OH is 1. The number of aliphatic imine (C=N–C) groups is 1. The molecule has 0 saturated heterocycles. The number of aromatic nitrogens is 1. The molecule has 0 bridgehead atoms. The first-order valence-corrected chi connectivity index (χ1v) is 12.8. The number of carboxylic acid groups (broad SMARTS) is 1. The predicted octanol–water partition coefficient (Wildman–Crippen LogP) is -3.11. The van der Waals surface area contributed by atoms with Crippen molar-refractivity contribution < 1.29 is 34.2 Å². The first-order chi connectivity index (χ1) is 19.4. The Morgan fingerprint density at radius 3 is 2.17 bits per heavy atom. The molecule has 0 aliphatic heterocycles. The Morgan fingerprint density at radius 1 is 0.902 bits per heavy atom. The maximum Gasteiger partial charge on any atom is 0.326 e. The molecule has 16 nitrogen and oxygen atoms in total. The van der Waals surface area contributed by atoms with E-state index in [0.717, 1.165) is 10.9 Å². The fourth-order valence-corrected chi connectivity index (χ4v) is 3.94. The quantitative estimate of drug-likeness (QED) is 0.0514. The minimum atomic E-state index is -1.49. The maximum absolute atomic E-state index is 13.1. The summed E-state index contributed by atoms with van der Waals surface area (Å²) in [5.74, 6) is -4.79. The summed E-state index contributed by atoms with van der Waals surface area (Å²) in [5, 5.41) is 27.3. The van der Waals surface area contributed by atoms with Gasteiger partial charge in [-0.2, -0.15) is 0 Å². The molecule has 0 saturated carbocycles. The molecule has 0 fully saturated rings. The van der Waals surface area contributed by atoms with Crippen molar-refractivity contribution in [1.29, 1.82) is 0 Å². The Labute approximate surface area is 235 Å². The van der Waals surface area contributed by atoms with E-state index in [1.54, 1.807) is 18.3 Å². The number of aliphatic hydroxyl groups is 1. The second-order valence-electron chi connectivity index (χ2n) is 9.33. The number of carboxylic acids is 1. The number of guanidine groups is 1. The number of rotatable bonds is 17. The number of carbonyl (C=O) groups is 5. The monoisotopic (exact) mass is 575 g/mol. The third-order valence-corrected chi connectivity index (χ3v) is 6.15. The third kappa shape index (κ3) is 10.4. The topological polar surface area (TPSA) is 294 Å². The van der Waals surface area contributed by atoms with Crippen LogP contribution >= 0.6 is 0 Å². The molecule has 0 radical (unpaired) electrons. The molecule has 2 aromatic rings. The Kier molecular flexibility index (Phi) is 12.5. The zero-order valence-corrected chi connectivity index (χ0v) is 22.3. The van der Waals surface area contributed by atoms with Gasteiger partial charge in [0.05, 0.1) is 12.6 Å². The van der Waals surface area contributed by atoms with Crippen LogP contribution in [0, 0.1) is 0 Å². The van der Waals surface area contributed by atoms with Crippen molar-refractivity contribution in [3.05, 3.63) is 36.0 Å². The summed E-state index contributed by atoms with van der Waals surface area (Å²) < 4.78 is 0. The molecule has 0 aliphatic carbocycles. The number of carbonyl (C=O) groups excluding carboxylic acids is 4. The lowest BCUT2D eigenvalue weighted by Crippen LogP contribution is -2.58. The highest BCUT2D eigenvalue weighted by Crippen LogP contribution is 2.19. The highest BCUT2D eigenvalue weighted by atomic mass is 16.4. The van der Waals surface area contributed by atoms with Crippen LogP contribution in [-0.2, 0) is 30.4 Å². The number of nitrogens with one attached hydrogen (secondary N) is 4. The Bertz CT molecular complexity index is 1260. The van der Waals surface area contributed by atoms with E-state index in [-0.39, 0.29) is 38.2 Å². The van der Waals surface area contributed by atoms with Crippen LogP contribution in [-0.4, -0.2) is 88.1 Å². The maximum atomic E-state index is 13.1. The number of hydrogen-bond donors (Lipinski definition) is 10. The lowest BCUT2D eigenvalue weighted by molar-refractivity contribution is -0.142. The lowest BCUT2D eigenvalue weighted by Gasteiger charge is -2.24. The van der Waals surface area contributed by atoms with Gasteiger partial charge in [0.15, 0.2) is 5.96 Å². The molecule has 1 aromatic heterocycles. The zero-order valence-electron chi connectivity index (χ0n) is 22.3. The number of aliphatic carboxylic acids is 1. The van der Waals surface area contributed by atoms with Crippen LogP contribution in [0.15, 0.2) is 35.5 Å². The van der Waals surface area contributed by atoms with E-state index in [0.29, 0.717) is 12.0 Å². The average Bonchev–Trinajstić information content (AvgIpc) is 3.33. The van der Waals surface area contributed by atoms with Gasteiger partial charge in [-0.3, -0.25) is 24.2 Å². The lowest BCUT2D eigenvalue weighted by atomic mass is 10.0. The van der Waals surface area contributed by atoms with Crippen molar-refractivity contribution >= 4 is 46.5 Å². The van der Waals surface area contributed by atoms with Crippen LogP contribution in [0.4, 0.5) is 0 Å². The zero-order chi connectivity index (χ0) is 30.5. The minimum Gasteiger partial charge on any atom is -0.480 e. The molecule has 41 heavy (non-hydrogen) atoms. The largest absolute Gasteiger partial charge is 0.480 e. The normalized spacial score (nSPS) is 13.8. The number of aromatic amines is 1. The second-order valence-corrected chi connectivity index (χ2v) is 9.33. The van der Waals surface area contributed by atoms with Gasteiger partial charge in [0, 0.05) is 36.5 Å². The first kappa shape index (κ1) is 32.5. The Balaban J connectivity index is 2.08. The van der Waals surface area contributed by atoms with Gasteiger partial charge in [0.1, 0.15) is 18.1 Å². The van der Waals surface area contributed by atoms with Crippen LogP contribution in [0.25, 0.3) is 10.9 Å². The number of benzene rings is 1. The number of nitrogens with zero attached hydrogens (tertiary/aromatic N) is 1. The average molecular weight is 576 g/mol. The van der Waals surface area contributed by atoms with E-state index >= 15 is 0 Å². The van der Waals surface area contributed by atoms with Crippen LogP contribution < -0.4 is 38.9 Å². The molecule has 0 aliphatic rings. The first-order valence-electron chi connectivity index (χ1n) is 12.8. The molecule has 1 heterocycles. The predicted molar refractivity (Wildman–Crippen MR) is 149 cm³/mol.